The summed E-state index contributed by atoms with van der Waals surface area (Å²) in [4.78, 5) is 7.63. The van der Waals surface area contributed by atoms with Gasteiger partial charge in [-0.15, -0.1) is 0 Å². The van der Waals surface area contributed by atoms with Crippen LogP contribution in [0, 0.1) is 5.41 Å². The van der Waals surface area contributed by atoms with Crippen LogP contribution in [0.5, 0.6) is 5.88 Å². The zero-order valence-corrected chi connectivity index (χ0v) is 10.6. The first kappa shape index (κ1) is 12.5. The molecular formula is C10H14Cl2N2O. The normalized spacial score (nSPS) is 11.5. The minimum absolute atomic E-state index is 0.144. The first-order chi connectivity index (χ1) is 6.88. The van der Waals surface area contributed by atoms with Crippen molar-refractivity contribution in [1.82, 2.24) is 9.97 Å². The van der Waals surface area contributed by atoms with Crippen LogP contribution in [0.25, 0.3) is 0 Å². The topological polar surface area (TPSA) is 35.0 Å². The third-order valence-electron chi connectivity index (χ3n) is 1.77. The number of hydrogen-bond donors (Lipinski definition) is 0. The molecule has 0 saturated carbocycles. The fourth-order valence-corrected chi connectivity index (χ4v) is 1.16. The highest BCUT2D eigenvalue weighted by Crippen LogP contribution is 2.24. The highest BCUT2D eigenvalue weighted by atomic mass is 35.5. The molecule has 0 N–H and O–H groups in total. The van der Waals surface area contributed by atoms with E-state index in [1.807, 2.05) is 0 Å². The fraction of sp³-hybridized carbons (Fsp3) is 0.600. The third-order valence-corrected chi connectivity index (χ3v) is 2.21. The summed E-state index contributed by atoms with van der Waals surface area (Å²) in [6, 6.07) is 0. The van der Waals surface area contributed by atoms with Gasteiger partial charge in [-0.3, -0.25) is 0 Å². The Morgan fingerprint density at radius 1 is 1.33 bits per heavy atom. The van der Waals surface area contributed by atoms with Gasteiger partial charge in [-0.05, 0) is 23.4 Å². The van der Waals surface area contributed by atoms with Crippen molar-refractivity contribution in [3.8, 4) is 5.88 Å². The minimum atomic E-state index is 0.144. The molecule has 0 radical (unpaired) electrons. The number of hydrogen-bond acceptors (Lipinski definition) is 3. The summed E-state index contributed by atoms with van der Waals surface area (Å²) in [6.07, 6.45) is 2.36. The van der Waals surface area contributed by atoms with Crippen molar-refractivity contribution in [2.24, 2.45) is 5.41 Å². The van der Waals surface area contributed by atoms with E-state index in [0.717, 1.165) is 6.42 Å². The zero-order valence-electron chi connectivity index (χ0n) is 9.05. The van der Waals surface area contributed by atoms with Gasteiger partial charge >= 0.3 is 0 Å². The number of ether oxygens (including phenoxy) is 1. The Morgan fingerprint density at radius 3 is 2.60 bits per heavy atom. The Hall–Kier alpha value is -0.540. The molecule has 0 fully saturated rings. The van der Waals surface area contributed by atoms with Crippen molar-refractivity contribution in [2.75, 3.05) is 6.61 Å². The Morgan fingerprint density at radius 2 is 2.00 bits per heavy atom. The lowest BCUT2D eigenvalue weighted by atomic mass is 9.93. The molecule has 1 aromatic rings. The van der Waals surface area contributed by atoms with Crippen molar-refractivity contribution < 1.29 is 4.74 Å². The van der Waals surface area contributed by atoms with Gasteiger partial charge in [-0.1, -0.05) is 32.4 Å². The Labute approximate surface area is 99.8 Å². The highest BCUT2D eigenvalue weighted by molar-refractivity contribution is 6.32. The van der Waals surface area contributed by atoms with Crippen molar-refractivity contribution in [1.29, 1.82) is 0 Å². The van der Waals surface area contributed by atoms with Crippen LogP contribution in [-0.2, 0) is 0 Å². The lowest BCUT2D eigenvalue weighted by molar-refractivity contribution is 0.236. The quantitative estimate of drug-likeness (QED) is 0.767. The maximum atomic E-state index is 5.84. The first-order valence-electron chi connectivity index (χ1n) is 4.69. The molecule has 5 heteroatoms. The molecule has 1 aromatic heterocycles. The van der Waals surface area contributed by atoms with E-state index in [1.54, 1.807) is 0 Å². The molecule has 3 nitrogen and oxygen atoms in total. The van der Waals surface area contributed by atoms with Gasteiger partial charge in [0.25, 0.3) is 0 Å². The van der Waals surface area contributed by atoms with Crippen LogP contribution >= 0.6 is 23.2 Å². The van der Waals surface area contributed by atoms with Gasteiger partial charge in [-0.2, -0.15) is 4.98 Å². The van der Waals surface area contributed by atoms with E-state index in [-0.39, 0.29) is 10.7 Å². The maximum absolute atomic E-state index is 5.84. The van der Waals surface area contributed by atoms with Crippen molar-refractivity contribution >= 4 is 23.2 Å². The monoisotopic (exact) mass is 248 g/mol. The Bertz CT molecular complexity index is 337. The molecule has 0 aliphatic carbocycles. The molecule has 0 amide bonds. The summed E-state index contributed by atoms with van der Waals surface area (Å²) >= 11 is 11.5. The summed E-state index contributed by atoms with van der Waals surface area (Å²) in [7, 11) is 0. The molecule has 0 bridgehead atoms. The zero-order chi connectivity index (χ0) is 11.5. The molecule has 1 heterocycles. The molecule has 15 heavy (non-hydrogen) atoms. The van der Waals surface area contributed by atoms with E-state index in [2.05, 4.69) is 30.7 Å². The van der Waals surface area contributed by atoms with Crippen LogP contribution in [-0.4, -0.2) is 16.6 Å². The molecule has 0 saturated heterocycles. The van der Waals surface area contributed by atoms with Crippen LogP contribution in [0.2, 0.25) is 10.3 Å². The van der Waals surface area contributed by atoms with E-state index < -0.39 is 0 Å². The van der Waals surface area contributed by atoms with E-state index in [9.17, 15) is 0 Å². The van der Waals surface area contributed by atoms with Gasteiger partial charge < -0.3 is 4.74 Å². The van der Waals surface area contributed by atoms with Crippen molar-refractivity contribution in [3.63, 3.8) is 0 Å². The largest absolute Gasteiger partial charge is 0.476 e. The van der Waals surface area contributed by atoms with Gasteiger partial charge in [0.05, 0.1) is 12.8 Å². The maximum Gasteiger partial charge on any atom is 0.237 e. The molecule has 0 unspecified atom stereocenters. The number of aromatic nitrogens is 2. The predicted molar refractivity (Wildman–Crippen MR) is 61.6 cm³/mol. The number of halogens is 2. The number of rotatable bonds is 3. The standard InChI is InChI=1S/C10H14Cl2N2O/c1-10(2,3)4-5-15-8-7(11)6-13-9(12)14-8/h6H,4-5H2,1-3H3. The average Bonchev–Trinajstić information content (AvgIpc) is 2.09. The van der Waals surface area contributed by atoms with Gasteiger partial charge in [0.2, 0.25) is 11.2 Å². The molecule has 0 aromatic carbocycles. The van der Waals surface area contributed by atoms with Crippen LogP contribution < -0.4 is 4.74 Å². The van der Waals surface area contributed by atoms with Crippen LogP contribution in [0.1, 0.15) is 27.2 Å². The van der Waals surface area contributed by atoms with E-state index in [0.29, 0.717) is 17.5 Å². The third kappa shape index (κ3) is 4.67. The molecule has 0 aliphatic rings. The van der Waals surface area contributed by atoms with Crippen LogP contribution in [0.15, 0.2) is 6.20 Å². The number of nitrogens with zero attached hydrogens (tertiary/aromatic N) is 2. The van der Waals surface area contributed by atoms with Crippen molar-refractivity contribution in [2.45, 2.75) is 27.2 Å². The Kier molecular flexibility index (Phi) is 4.17. The highest BCUT2D eigenvalue weighted by Gasteiger charge is 2.11. The summed E-state index contributed by atoms with van der Waals surface area (Å²) in [5.41, 5.74) is 0.225. The van der Waals surface area contributed by atoms with Crippen LogP contribution in [0.4, 0.5) is 0 Å². The summed E-state index contributed by atoms with van der Waals surface area (Å²) in [5.74, 6) is 0.348. The van der Waals surface area contributed by atoms with Gasteiger partial charge in [0.15, 0.2) is 0 Å². The molecule has 1 rings (SSSR count). The lowest BCUT2D eigenvalue weighted by Crippen LogP contribution is -2.11. The van der Waals surface area contributed by atoms with Crippen LogP contribution in [0.3, 0.4) is 0 Å². The fourth-order valence-electron chi connectivity index (χ4n) is 0.886. The molecule has 0 atom stereocenters. The van der Waals surface area contributed by atoms with Gasteiger partial charge in [0.1, 0.15) is 5.02 Å². The van der Waals surface area contributed by atoms with E-state index in [1.165, 1.54) is 6.20 Å². The Balaban J connectivity index is 2.54. The first-order valence-corrected chi connectivity index (χ1v) is 5.45. The SMILES string of the molecule is CC(C)(C)CCOc1nc(Cl)ncc1Cl. The summed E-state index contributed by atoms with van der Waals surface area (Å²) < 4.78 is 5.43. The van der Waals surface area contributed by atoms with E-state index >= 15 is 0 Å². The lowest BCUT2D eigenvalue weighted by Gasteiger charge is -2.17. The van der Waals surface area contributed by atoms with Gasteiger partial charge in [0, 0.05) is 0 Å². The molecular weight excluding hydrogens is 235 g/mol. The smallest absolute Gasteiger partial charge is 0.237 e. The minimum Gasteiger partial charge on any atom is -0.476 e. The van der Waals surface area contributed by atoms with Gasteiger partial charge in [-0.25, -0.2) is 4.98 Å². The second-order valence-electron chi connectivity index (χ2n) is 4.45. The second kappa shape index (κ2) is 4.99. The van der Waals surface area contributed by atoms with E-state index in [4.69, 9.17) is 27.9 Å². The summed E-state index contributed by atoms with van der Waals surface area (Å²) in [5, 5.41) is 0.526. The van der Waals surface area contributed by atoms with Crippen molar-refractivity contribution in [3.05, 3.63) is 16.5 Å². The molecule has 0 aliphatic heterocycles. The second-order valence-corrected chi connectivity index (χ2v) is 5.20. The predicted octanol–water partition coefficient (Wildman–Crippen LogP) is 3.60. The molecule has 0 spiro atoms. The molecule has 84 valence electrons. The summed E-state index contributed by atoms with van der Waals surface area (Å²) in [6.45, 7) is 7.00. The average molecular weight is 249 g/mol.